The minimum Gasteiger partial charge on any atom is -0.461 e. The molecule has 1 atom stereocenters. The fourth-order valence-electron chi connectivity index (χ4n) is 2.32. The Bertz CT molecular complexity index is 672. The molecule has 6 heteroatoms. The number of ether oxygens (including phenoxy) is 1. The first kappa shape index (κ1) is 12.4. The summed E-state index contributed by atoms with van der Waals surface area (Å²) in [6.45, 7) is 0. The highest BCUT2D eigenvalue weighted by atomic mass is 32.3. The molecule has 0 amide bonds. The van der Waals surface area contributed by atoms with E-state index < -0.39 is 16.5 Å². The first-order chi connectivity index (χ1) is 9.04. The van der Waals surface area contributed by atoms with E-state index in [4.69, 9.17) is 13.5 Å². The van der Waals surface area contributed by atoms with Crippen LogP contribution < -0.4 is 4.74 Å². The number of allylic oxidation sites excluding steroid dienone is 2. The van der Waals surface area contributed by atoms with E-state index >= 15 is 0 Å². The molecule has 100 valence electrons. The second-order valence-electron chi connectivity index (χ2n) is 4.36. The Hall–Kier alpha value is -1.63. The summed E-state index contributed by atoms with van der Waals surface area (Å²) in [6, 6.07) is 7.03. The van der Waals surface area contributed by atoms with Gasteiger partial charge in [-0.2, -0.15) is 8.42 Å². The Balaban J connectivity index is 2.11. The highest BCUT2D eigenvalue weighted by Gasteiger charge is 2.32. The van der Waals surface area contributed by atoms with Crippen LogP contribution in [0.15, 0.2) is 47.7 Å². The van der Waals surface area contributed by atoms with E-state index in [0.29, 0.717) is 29.1 Å². The molecule has 0 radical (unpaired) electrons. The van der Waals surface area contributed by atoms with Crippen molar-refractivity contribution in [1.29, 1.82) is 0 Å². The van der Waals surface area contributed by atoms with Gasteiger partial charge >= 0.3 is 10.4 Å². The fourth-order valence-corrected chi connectivity index (χ4v) is 2.77. The molecule has 5 nitrogen and oxygen atoms in total. The van der Waals surface area contributed by atoms with Gasteiger partial charge in [0.2, 0.25) is 0 Å². The van der Waals surface area contributed by atoms with Crippen molar-refractivity contribution in [3.63, 3.8) is 0 Å². The van der Waals surface area contributed by atoms with E-state index in [-0.39, 0.29) is 0 Å². The lowest BCUT2D eigenvalue weighted by atomic mass is 9.92. The standard InChI is InChI=1S/C13H12O5S/c14-19(15,16)18-13-9-5-1-3-7-11(9)17-12-8-4-2-6-10(12)13/h1-3,5-7,13H,4,8H2,(H,14,15,16). The van der Waals surface area contributed by atoms with E-state index in [1.165, 1.54) is 0 Å². The molecule has 19 heavy (non-hydrogen) atoms. The van der Waals surface area contributed by atoms with E-state index in [2.05, 4.69) is 0 Å². The summed E-state index contributed by atoms with van der Waals surface area (Å²) in [5.41, 5.74) is 1.23. The van der Waals surface area contributed by atoms with Gasteiger partial charge in [-0.15, -0.1) is 0 Å². The lowest BCUT2D eigenvalue weighted by Crippen LogP contribution is -2.21. The lowest BCUT2D eigenvalue weighted by Gasteiger charge is -2.29. The molecule has 0 spiro atoms. The van der Waals surface area contributed by atoms with E-state index in [0.717, 1.165) is 6.42 Å². The quantitative estimate of drug-likeness (QED) is 0.843. The van der Waals surface area contributed by atoms with Gasteiger partial charge in [-0.05, 0) is 12.5 Å². The Morgan fingerprint density at radius 3 is 2.89 bits per heavy atom. The normalized spacial score (nSPS) is 21.6. The lowest BCUT2D eigenvalue weighted by molar-refractivity contribution is 0.196. The summed E-state index contributed by atoms with van der Waals surface area (Å²) in [7, 11) is -4.54. The molecule has 0 saturated heterocycles. The van der Waals surface area contributed by atoms with Crippen LogP contribution in [0.25, 0.3) is 0 Å². The third-order valence-electron chi connectivity index (χ3n) is 3.09. The van der Waals surface area contributed by atoms with Crippen LogP contribution in [0.4, 0.5) is 0 Å². The zero-order chi connectivity index (χ0) is 13.5. The van der Waals surface area contributed by atoms with Crippen LogP contribution in [0.1, 0.15) is 24.5 Å². The smallest absolute Gasteiger partial charge is 0.398 e. The zero-order valence-electron chi connectivity index (χ0n) is 9.94. The van der Waals surface area contributed by atoms with Crippen molar-refractivity contribution in [3.05, 3.63) is 53.3 Å². The molecule has 1 aromatic rings. The summed E-state index contributed by atoms with van der Waals surface area (Å²) < 4.78 is 41.6. The number of fused-ring (bicyclic) bond motifs is 1. The van der Waals surface area contributed by atoms with Crippen molar-refractivity contribution in [1.82, 2.24) is 0 Å². The molecule has 3 rings (SSSR count). The van der Waals surface area contributed by atoms with Crippen LogP contribution in [0.2, 0.25) is 0 Å². The van der Waals surface area contributed by atoms with E-state index in [1.54, 1.807) is 30.3 Å². The van der Waals surface area contributed by atoms with Gasteiger partial charge in [-0.25, -0.2) is 4.18 Å². The second-order valence-corrected chi connectivity index (χ2v) is 5.41. The summed E-state index contributed by atoms with van der Waals surface area (Å²) in [5, 5.41) is 0. The molecule has 1 heterocycles. The summed E-state index contributed by atoms with van der Waals surface area (Å²) in [5.74, 6) is 1.25. The maximum Gasteiger partial charge on any atom is 0.398 e. The van der Waals surface area contributed by atoms with Gasteiger partial charge in [-0.3, -0.25) is 4.55 Å². The van der Waals surface area contributed by atoms with Crippen molar-refractivity contribution in [2.75, 3.05) is 0 Å². The van der Waals surface area contributed by atoms with Crippen molar-refractivity contribution >= 4 is 10.4 Å². The average Bonchev–Trinajstić information content (AvgIpc) is 2.37. The monoisotopic (exact) mass is 280 g/mol. The predicted molar refractivity (Wildman–Crippen MR) is 67.8 cm³/mol. The molecule has 0 fully saturated rings. The second kappa shape index (κ2) is 4.48. The Morgan fingerprint density at radius 1 is 1.32 bits per heavy atom. The van der Waals surface area contributed by atoms with Gasteiger partial charge in [0.25, 0.3) is 0 Å². The van der Waals surface area contributed by atoms with Gasteiger partial charge < -0.3 is 4.74 Å². The Morgan fingerprint density at radius 2 is 2.11 bits per heavy atom. The fraction of sp³-hybridized carbons (Fsp3) is 0.231. The highest BCUT2D eigenvalue weighted by Crippen LogP contribution is 2.43. The van der Waals surface area contributed by atoms with Crippen LogP contribution in [-0.2, 0) is 14.6 Å². The largest absolute Gasteiger partial charge is 0.461 e. The van der Waals surface area contributed by atoms with Crippen LogP contribution in [0.5, 0.6) is 5.75 Å². The number of benzene rings is 1. The van der Waals surface area contributed by atoms with Crippen molar-refractivity contribution in [2.45, 2.75) is 18.9 Å². The SMILES string of the molecule is O=S(=O)(O)OC1C2=C(CCC=C2)Oc2ccccc21. The van der Waals surface area contributed by atoms with Gasteiger partial charge in [0.05, 0.1) is 0 Å². The summed E-state index contributed by atoms with van der Waals surface area (Å²) in [6.07, 6.45) is 4.37. The zero-order valence-corrected chi connectivity index (χ0v) is 10.8. The molecule has 0 bridgehead atoms. The van der Waals surface area contributed by atoms with E-state index in [9.17, 15) is 8.42 Å². The number of hydrogen-bond donors (Lipinski definition) is 1. The maximum absolute atomic E-state index is 11.0. The van der Waals surface area contributed by atoms with Crippen LogP contribution in [-0.4, -0.2) is 13.0 Å². The molecule has 1 aliphatic carbocycles. The third-order valence-corrected chi connectivity index (χ3v) is 3.53. The van der Waals surface area contributed by atoms with Crippen LogP contribution in [0, 0.1) is 0 Å². The maximum atomic E-state index is 11.0. The molecule has 2 aliphatic rings. The van der Waals surface area contributed by atoms with Crippen LogP contribution >= 0.6 is 0 Å². The Labute approximate surface area is 111 Å². The number of rotatable bonds is 2. The minimum atomic E-state index is -4.54. The van der Waals surface area contributed by atoms with Crippen LogP contribution in [0.3, 0.4) is 0 Å². The average molecular weight is 280 g/mol. The van der Waals surface area contributed by atoms with Gasteiger partial charge in [0.1, 0.15) is 17.6 Å². The number of para-hydroxylation sites is 1. The van der Waals surface area contributed by atoms with Gasteiger partial charge in [0, 0.05) is 17.6 Å². The van der Waals surface area contributed by atoms with E-state index in [1.807, 2.05) is 6.08 Å². The summed E-state index contributed by atoms with van der Waals surface area (Å²) >= 11 is 0. The van der Waals surface area contributed by atoms with Gasteiger partial charge in [-0.1, -0.05) is 30.4 Å². The summed E-state index contributed by atoms with van der Waals surface area (Å²) in [4.78, 5) is 0. The molecule has 1 N–H and O–H groups in total. The Kier molecular flexibility index (Phi) is 2.93. The third kappa shape index (κ3) is 2.42. The topological polar surface area (TPSA) is 72.8 Å². The predicted octanol–water partition coefficient (Wildman–Crippen LogP) is 2.54. The highest BCUT2D eigenvalue weighted by molar-refractivity contribution is 7.80. The minimum absolute atomic E-state index is 0.560. The number of hydrogen-bond acceptors (Lipinski definition) is 4. The first-order valence-electron chi connectivity index (χ1n) is 5.87. The molecular weight excluding hydrogens is 268 g/mol. The van der Waals surface area contributed by atoms with Gasteiger partial charge in [0.15, 0.2) is 0 Å². The van der Waals surface area contributed by atoms with Crippen molar-refractivity contribution in [2.24, 2.45) is 0 Å². The molecular formula is C13H12O5S. The van der Waals surface area contributed by atoms with Crippen molar-refractivity contribution in [3.8, 4) is 5.75 Å². The molecule has 1 aromatic carbocycles. The molecule has 0 aromatic heterocycles. The molecule has 0 saturated carbocycles. The molecule has 1 aliphatic heterocycles. The van der Waals surface area contributed by atoms with Crippen molar-refractivity contribution < 1.29 is 21.9 Å². The molecule has 1 unspecified atom stereocenters. The first-order valence-corrected chi connectivity index (χ1v) is 7.23.